The number of imidazole rings is 1. The molecule has 22 heavy (non-hydrogen) atoms. The lowest BCUT2D eigenvalue weighted by Gasteiger charge is -2.09. The molecule has 114 valence electrons. The summed E-state index contributed by atoms with van der Waals surface area (Å²) in [5.41, 5.74) is 1.48. The minimum atomic E-state index is 0.851. The summed E-state index contributed by atoms with van der Waals surface area (Å²) in [6, 6.07) is 0. The van der Waals surface area contributed by atoms with Gasteiger partial charge in [-0.1, -0.05) is 0 Å². The van der Waals surface area contributed by atoms with Crippen molar-refractivity contribution in [3.63, 3.8) is 0 Å². The van der Waals surface area contributed by atoms with Crippen LogP contribution in [0.4, 0.5) is 5.82 Å². The molecule has 3 aromatic rings. The van der Waals surface area contributed by atoms with E-state index in [0.717, 1.165) is 36.0 Å². The van der Waals surface area contributed by atoms with Crippen LogP contribution in [0.2, 0.25) is 0 Å². The van der Waals surface area contributed by atoms with Crippen LogP contribution in [0.1, 0.15) is 29.1 Å². The number of nitrogens with zero attached hydrogens (tertiary/aromatic N) is 4. The summed E-state index contributed by atoms with van der Waals surface area (Å²) in [6.07, 6.45) is 10.4. The molecule has 3 heterocycles. The smallest absolute Gasteiger partial charge is 0.138 e. The van der Waals surface area contributed by atoms with E-state index in [4.69, 9.17) is 0 Å². The Kier molecular flexibility index (Phi) is 3.54. The SMILES string of the molecule is Cc1nc(NCCCn2ccnc2)c2c3c(sc2n1)CCC3. The third-order valence-corrected chi connectivity index (χ3v) is 5.31. The van der Waals surface area contributed by atoms with Gasteiger partial charge in [0.25, 0.3) is 0 Å². The Morgan fingerprint density at radius 1 is 1.32 bits per heavy atom. The van der Waals surface area contributed by atoms with E-state index in [-0.39, 0.29) is 0 Å². The largest absolute Gasteiger partial charge is 0.369 e. The Bertz CT molecular complexity index is 791. The predicted octanol–water partition coefficient (Wildman–Crippen LogP) is 3.19. The molecule has 1 N–H and O–H groups in total. The highest BCUT2D eigenvalue weighted by Gasteiger charge is 2.21. The minimum Gasteiger partial charge on any atom is -0.369 e. The quantitative estimate of drug-likeness (QED) is 0.735. The van der Waals surface area contributed by atoms with Gasteiger partial charge in [0.15, 0.2) is 0 Å². The van der Waals surface area contributed by atoms with Crippen molar-refractivity contribution in [1.82, 2.24) is 19.5 Å². The molecule has 0 fully saturated rings. The standard InChI is InChI=1S/C16H19N5S/c1-11-19-15(18-6-3-8-21-9-7-17-10-21)14-12-4-2-5-13(12)22-16(14)20-11/h7,9-10H,2-6,8H2,1H3,(H,18,19,20). The summed E-state index contributed by atoms with van der Waals surface area (Å²) in [5.74, 6) is 1.87. The van der Waals surface area contributed by atoms with E-state index in [0.29, 0.717) is 0 Å². The highest BCUT2D eigenvalue weighted by Crippen LogP contribution is 2.39. The molecule has 0 bridgehead atoms. The maximum Gasteiger partial charge on any atom is 0.138 e. The summed E-state index contributed by atoms with van der Waals surface area (Å²) in [4.78, 5) is 16.0. The number of hydrogen-bond acceptors (Lipinski definition) is 5. The summed E-state index contributed by atoms with van der Waals surface area (Å²) in [7, 11) is 0. The van der Waals surface area contributed by atoms with Crippen molar-refractivity contribution in [2.75, 3.05) is 11.9 Å². The minimum absolute atomic E-state index is 0.851. The molecule has 0 aliphatic heterocycles. The molecular formula is C16H19N5S. The Labute approximate surface area is 133 Å². The zero-order valence-electron chi connectivity index (χ0n) is 12.7. The molecule has 4 rings (SSSR count). The maximum absolute atomic E-state index is 4.65. The number of fused-ring (bicyclic) bond motifs is 3. The van der Waals surface area contributed by atoms with Crippen LogP contribution in [0.5, 0.6) is 0 Å². The molecule has 0 unspecified atom stereocenters. The molecule has 6 heteroatoms. The molecular weight excluding hydrogens is 294 g/mol. The lowest BCUT2D eigenvalue weighted by atomic mass is 10.2. The highest BCUT2D eigenvalue weighted by molar-refractivity contribution is 7.19. The summed E-state index contributed by atoms with van der Waals surface area (Å²) < 4.78 is 2.10. The number of aromatic nitrogens is 4. The second-order valence-electron chi connectivity index (χ2n) is 5.74. The number of nitrogens with one attached hydrogen (secondary N) is 1. The Morgan fingerprint density at radius 2 is 2.27 bits per heavy atom. The van der Waals surface area contributed by atoms with Crippen LogP contribution in [0.3, 0.4) is 0 Å². The molecule has 0 aromatic carbocycles. The molecule has 0 radical (unpaired) electrons. The van der Waals surface area contributed by atoms with Gasteiger partial charge in [-0.05, 0) is 38.2 Å². The van der Waals surface area contributed by atoms with Gasteiger partial charge >= 0.3 is 0 Å². The first-order valence-corrected chi connectivity index (χ1v) is 8.61. The Morgan fingerprint density at radius 3 is 3.14 bits per heavy atom. The van der Waals surface area contributed by atoms with Crippen molar-refractivity contribution >= 4 is 27.4 Å². The van der Waals surface area contributed by atoms with Crippen molar-refractivity contribution in [2.24, 2.45) is 0 Å². The van der Waals surface area contributed by atoms with Crippen molar-refractivity contribution in [2.45, 2.75) is 39.2 Å². The van der Waals surface area contributed by atoms with Crippen molar-refractivity contribution in [1.29, 1.82) is 0 Å². The van der Waals surface area contributed by atoms with Crippen LogP contribution in [-0.4, -0.2) is 26.1 Å². The highest BCUT2D eigenvalue weighted by atomic mass is 32.1. The van der Waals surface area contributed by atoms with E-state index in [9.17, 15) is 0 Å². The van der Waals surface area contributed by atoms with Crippen molar-refractivity contribution in [3.05, 3.63) is 35.0 Å². The monoisotopic (exact) mass is 313 g/mol. The Balaban J connectivity index is 1.53. The number of aryl methyl sites for hydroxylation is 4. The summed E-state index contributed by atoms with van der Waals surface area (Å²) in [5, 5.41) is 4.80. The van der Waals surface area contributed by atoms with Gasteiger partial charge < -0.3 is 9.88 Å². The first-order valence-electron chi connectivity index (χ1n) is 7.80. The average molecular weight is 313 g/mol. The molecule has 0 amide bonds. The lowest BCUT2D eigenvalue weighted by Crippen LogP contribution is -2.08. The second-order valence-corrected chi connectivity index (χ2v) is 6.82. The van der Waals surface area contributed by atoms with E-state index >= 15 is 0 Å². The molecule has 1 aliphatic carbocycles. The summed E-state index contributed by atoms with van der Waals surface area (Å²) >= 11 is 1.85. The van der Waals surface area contributed by atoms with E-state index in [1.807, 2.05) is 37.0 Å². The van der Waals surface area contributed by atoms with Crippen LogP contribution in [-0.2, 0) is 19.4 Å². The molecule has 3 aromatic heterocycles. The first-order chi connectivity index (χ1) is 10.8. The lowest BCUT2D eigenvalue weighted by molar-refractivity contribution is 0.660. The van der Waals surface area contributed by atoms with E-state index in [1.54, 1.807) is 0 Å². The van der Waals surface area contributed by atoms with Gasteiger partial charge in [0, 0.05) is 30.4 Å². The number of thiophene rings is 1. The third-order valence-electron chi connectivity index (χ3n) is 4.12. The fraction of sp³-hybridized carbons (Fsp3) is 0.438. The first kappa shape index (κ1) is 13.7. The average Bonchev–Trinajstić information content (AvgIpc) is 3.19. The van der Waals surface area contributed by atoms with Gasteiger partial charge in [-0.15, -0.1) is 11.3 Å². The molecule has 0 saturated heterocycles. The molecule has 0 spiro atoms. The van der Waals surface area contributed by atoms with Crippen LogP contribution in [0, 0.1) is 6.92 Å². The Hall–Kier alpha value is -1.95. The molecule has 1 aliphatic rings. The van der Waals surface area contributed by atoms with Gasteiger partial charge in [-0.3, -0.25) is 0 Å². The normalized spacial score (nSPS) is 13.7. The van der Waals surface area contributed by atoms with Gasteiger partial charge in [0.1, 0.15) is 16.5 Å². The van der Waals surface area contributed by atoms with Gasteiger partial charge in [0.2, 0.25) is 0 Å². The molecule has 0 atom stereocenters. The van der Waals surface area contributed by atoms with E-state index in [1.165, 1.54) is 35.1 Å². The second kappa shape index (κ2) is 5.68. The van der Waals surface area contributed by atoms with Crippen LogP contribution < -0.4 is 5.32 Å². The van der Waals surface area contributed by atoms with Crippen LogP contribution >= 0.6 is 11.3 Å². The van der Waals surface area contributed by atoms with Crippen molar-refractivity contribution in [3.8, 4) is 0 Å². The number of anilines is 1. The predicted molar refractivity (Wildman–Crippen MR) is 89.5 cm³/mol. The zero-order valence-corrected chi connectivity index (χ0v) is 13.5. The molecule has 5 nitrogen and oxygen atoms in total. The fourth-order valence-corrected chi connectivity index (χ4v) is 4.42. The number of hydrogen-bond donors (Lipinski definition) is 1. The fourth-order valence-electron chi connectivity index (χ4n) is 3.12. The van der Waals surface area contributed by atoms with E-state index < -0.39 is 0 Å². The maximum atomic E-state index is 4.65. The van der Waals surface area contributed by atoms with Gasteiger partial charge in [0.05, 0.1) is 11.7 Å². The van der Waals surface area contributed by atoms with Gasteiger partial charge in [-0.2, -0.15) is 0 Å². The number of rotatable bonds is 5. The van der Waals surface area contributed by atoms with Crippen LogP contribution in [0.25, 0.3) is 10.2 Å². The summed E-state index contributed by atoms with van der Waals surface area (Å²) in [6.45, 7) is 3.86. The zero-order chi connectivity index (χ0) is 14.9. The third kappa shape index (κ3) is 2.47. The molecule has 0 saturated carbocycles. The van der Waals surface area contributed by atoms with Gasteiger partial charge in [-0.25, -0.2) is 15.0 Å². The van der Waals surface area contributed by atoms with Crippen LogP contribution in [0.15, 0.2) is 18.7 Å². The van der Waals surface area contributed by atoms with E-state index in [2.05, 4.69) is 24.8 Å². The van der Waals surface area contributed by atoms with Crippen molar-refractivity contribution < 1.29 is 0 Å². The topological polar surface area (TPSA) is 55.6 Å².